The molecule has 1 aliphatic carbocycles. The van der Waals surface area contributed by atoms with E-state index in [1.165, 1.54) is 12.1 Å². The summed E-state index contributed by atoms with van der Waals surface area (Å²) in [5, 5.41) is 0.562. The molecule has 70 valence electrons. The molecule has 0 bridgehead atoms. The highest BCUT2D eigenvalue weighted by molar-refractivity contribution is 6.35. The number of hydrogen-bond donors (Lipinski definition) is 1. The minimum Gasteiger partial charge on any atom is -0.327 e. The van der Waals surface area contributed by atoms with E-state index >= 15 is 0 Å². The van der Waals surface area contributed by atoms with E-state index < -0.39 is 5.82 Å². The molecule has 4 heteroatoms. The number of benzene rings is 1. The van der Waals surface area contributed by atoms with Crippen LogP contribution in [0.1, 0.15) is 17.9 Å². The lowest BCUT2D eigenvalue weighted by atomic mass is 10.1. The van der Waals surface area contributed by atoms with Gasteiger partial charge < -0.3 is 5.73 Å². The Hall–Kier alpha value is -0.310. The van der Waals surface area contributed by atoms with Crippen molar-refractivity contribution in [1.29, 1.82) is 0 Å². The zero-order chi connectivity index (χ0) is 9.59. The molecule has 0 heterocycles. The molecule has 2 atom stereocenters. The lowest BCUT2D eigenvalue weighted by molar-refractivity contribution is 0.626. The molecule has 0 aromatic heterocycles. The average Bonchev–Trinajstić information content (AvgIpc) is 2.75. The van der Waals surface area contributed by atoms with Crippen LogP contribution in [0.4, 0.5) is 4.39 Å². The quantitative estimate of drug-likeness (QED) is 0.723. The molecule has 0 unspecified atom stereocenters. The SMILES string of the molecule is N[C@@H]1C[C@H]1c1cc(F)c(Cl)cc1Cl. The van der Waals surface area contributed by atoms with Crippen LogP contribution in [0.2, 0.25) is 10.0 Å². The van der Waals surface area contributed by atoms with E-state index in [4.69, 9.17) is 28.9 Å². The fourth-order valence-electron chi connectivity index (χ4n) is 1.39. The normalized spacial score (nSPS) is 26.2. The Bertz CT molecular complexity index is 354. The van der Waals surface area contributed by atoms with Crippen LogP contribution in [-0.2, 0) is 0 Å². The molecule has 0 spiro atoms. The van der Waals surface area contributed by atoms with Gasteiger partial charge in [0.15, 0.2) is 0 Å². The Morgan fingerprint density at radius 2 is 1.92 bits per heavy atom. The topological polar surface area (TPSA) is 26.0 Å². The molecule has 1 saturated carbocycles. The molecule has 0 radical (unpaired) electrons. The highest BCUT2D eigenvalue weighted by Crippen LogP contribution is 2.43. The summed E-state index contributed by atoms with van der Waals surface area (Å²) >= 11 is 11.5. The molecule has 0 saturated heterocycles. The third-order valence-electron chi connectivity index (χ3n) is 2.28. The van der Waals surface area contributed by atoms with Crippen molar-refractivity contribution < 1.29 is 4.39 Å². The van der Waals surface area contributed by atoms with Crippen molar-refractivity contribution in [2.75, 3.05) is 0 Å². The van der Waals surface area contributed by atoms with Gasteiger partial charge in [-0.3, -0.25) is 0 Å². The summed E-state index contributed by atoms with van der Waals surface area (Å²) in [4.78, 5) is 0. The van der Waals surface area contributed by atoms with E-state index in [1.807, 2.05) is 0 Å². The van der Waals surface area contributed by atoms with E-state index in [0.29, 0.717) is 5.02 Å². The van der Waals surface area contributed by atoms with Crippen LogP contribution in [0, 0.1) is 5.82 Å². The Morgan fingerprint density at radius 1 is 1.31 bits per heavy atom. The summed E-state index contributed by atoms with van der Waals surface area (Å²) in [5.74, 6) is -0.223. The lowest BCUT2D eigenvalue weighted by Crippen LogP contribution is -2.01. The largest absolute Gasteiger partial charge is 0.327 e. The van der Waals surface area contributed by atoms with Crippen molar-refractivity contribution in [1.82, 2.24) is 0 Å². The molecule has 1 nitrogen and oxygen atoms in total. The van der Waals surface area contributed by atoms with Crippen LogP contribution in [0.25, 0.3) is 0 Å². The molecule has 0 amide bonds. The van der Waals surface area contributed by atoms with E-state index in [9.17, 15) is 4.39 Å². The number of halogens is 3. The molecule has 1 aromatic carbocycles. The lowest BCUT2D eigenvalue weighted by Gasteiger charge is -2.03. The van der Waals surface area contributed by atoms with Gasteiger partial charge in [-0.2, -0.15) is 0 Å². The van der Waals surface area contributed by atoms with Gasteiger partial charge in [0.1, 0.15) is 5.82 Å². The number of rotatable bonds is 1. The summed E-state index contributed by atoms with van der Waals surface area (Å²) in [6, 6.07) is 2.93. The van der Waals surface area contributed by atoms with Gasteiger partial charge in [0, 0.05) is 17.0 Å². The second-order valence-corrected chi connectivity index (χ2v) is 4.11. The zero-order valence-electron chi connectivity index (χ0n) is 6.73. The van der Waals surface area contributed by atoms with Gasteiger partial charge in [-0.1, -0.05) is 23.2 Å². The molecule has 0 aliphatic heterocycles. The van der Waals surface area contributed by atoms with Gasteiger partial charge in [0.2, 0.25) is 0 Å². The number of hydrogen-bond acceptors (Lipinski definition) is 1. The van der Waals surface area contributed by atoms with Crippen molar-refractivity contribution in [2.24, 2.45) is 5.73 Å². The van der Waals surface area contributed by atoms with Crippen molar-refractivity contribution in [2.45, 2.75) is 18.4 Å². The van der Waals surface area contributed by atoms with Crippen molar-refractivity contribution in [3.05, 3.63) is 33.6 Å². The maximum Gasteiger partial charge on any atom is 0.142 e. The summed E-state index contributed by atoms with van der Waals surface area (Å²) in [5.41, 5.74) is 6.42. The van der Waals surface area contributed by atoms with Crippen LogP contribution >= 0.6 is 23.2 Å². The highest BCUT2D eigenvalue weighted by Gasteiger charge is 2.36. The molecular weight excluding hydrogens is 212 g/mol. The van der Waals surface area contributed by atoms with Gasteiger partial charge in [0.25, 0.3) is 0 Å². The molecule has 1 fully saturated rings. The summed E-state index contributed by atoms with van der Waals surface area (Å²) < 4.78 is 13.0. The predicted molar refractivity (Wildman–Crippen MR) is 51.8 cm³/mol. The maximum atomic E-state index is 13.0. The van der Waals surface area contributed by atoms with Crippen molar-refractivity contribution in [3.63, 3.8) is 0 Å². The first-order valence-corrected chi connectivity index (χ1v) is 4.75. The monoisotopic (exact) mass is 219 g/mol. The van der Waals surface area contributed by atoms with E-state index in [0.717, 1.165) is 12.0 Å². The molecule has 2 rings (SSSR count). The van der Waals surface area contributed by atoms with Gasteiger partial charge in [-0.05, 0) is 24.1 Å². The Balaban J connectivity index is 2.41. The molecule has 13 heavy (non-hydrogen) atoms. The van der Waals surface area contributed by atoms with Crippen LogP contribution in [0.3, 0.4) is 0 Å². The Morgan fingerprint density at radius 3 is 2.46 bits per heavy atom. The highest BCUT2D eigenvalue weighted by atomic mass is 35.5. The standard InChI is InChI=1S/C9H8Cl2FN/c10-6-3-7(11)8(12)1-4(6)5-2-9(5)13/h1,3,5,9H,2,13H2/t5-,9+/m0/s1. The molecule has 1 aromatic rings. The third kappa shape index (κ3) is 1.66. The smallest absolute Gasteiger partial charge is 0.142 e. The minimum atomic E-state index is -0.430. The van der Waals surface area contributed by atoms with Crippen LogP contribution in [-0.4, -0.2) is 6.04 Å². The van der Waals surface area contributed by atoms with Crippen LogP contribution in [0.15, 0.2) is 12.1 Å². The molecule has 2 N–H and O–H groups in total. The Labute approximate surface area is 85.6 Å². The zero-order valence-corrected chi connectivity index (χ0v) is 8.24. The first kappa shape index (κ1) is 9.25. The maximum absolute atomic E-state index is 13.0. The van der Waals surface area contributed by atoms with Crippen molar-refractivity contribution in [3.8, 4) is 0 Å². The van der Waals surface area contributed by atoms with Crippen molar-refractivity contribution >= 4 is 23.2 Å². The van der Waals surface area contributed by atoms with E-state index in [-0.39, 0.29) is 17.0 Å². The van der Waals surface area contributed by atoms with E-state index in [1.54, 1.807) is 0 Å². The minimum absolute atomic E-state index is 0.0583. The van der Waals surface area contributed by atoms with Crippen LogP contribution < -0.4 is 5.73 Å². The second-order valence-electron chi connectivity index (χ2n) is 3.29. The van der Waals surface area contributed by atoms with Crippen LogP contribution in [0.5, 0.6) is 0 Å². The third-order valence-corrected chi connectivity index (χ3v) is 2.90. The van der Waals surface area contributed by atoms with Gasteiger partial charge >= 0.3 is 0 Å². The molecule has 1 aliphatic rings. The average molecular weight is 220 g/mol. The molecular formula is C9H8Cl2FN. The predicted octanol–water partition coefficient (Wildman–Crippen LogP) is 2.95. The Kier molecular flexibility index (Phi) is 2.22. The summed E-state index contributed by atoms with van der Waals surface area (Å²) in [6.45, 7) is 0. The second kappa shape index (κ2) is 3.12. The van der Waals surface area contributed by atoms with Gasteiger partial charge in [-0.15, -0.1) is 0 Å². The first-order valence-electron chi connectivity index (χ1n) is 3.99. The summed E-state index contributed by atoms with van der Waals surface area (Å²) in [6.07, 6.45) is 0.876. The van der Waals surface area contributed by atoms with E-state index in [2.05, 4.69) is 0 Å². The number of nitrogens with two attached hydrogens (primary N) is 1. The summed E-state index contributed by atoms with van der Waals surface area (Å²) in [7, 11) is 0. The first-order chi connectivity index (χ1) is 6.09. The van der Waals surface area contributed by atoms with Gasteiger partial charge in [0.05, 0.1) is 5.02 Å². The van der Waals surface area contributed by atoms with Gasteiger partial charge in [-0.25, -0.2) is 4.39 Å². The fourth-order valence-corrected chi connectivity index (χ4v) is 1.92. The fraction of sp³-hybridized carbons (Fsp3) is 0.333.